The Morgan fingerprint density at radius 1 is 1.00 bits per heavy atom. The average molecular weight is 355 g/mol. The second-order valence-corrected chi connectivity index (χ2v) is 7.29. The maximum absolute atomic E-state index is 13.1. The number of anilines is 3. The Bertz CT molecular complexity index is 1030. The molecule has 1 amide bonds. The first kappa shape index (κ1) is 16.1. The Morgan fingerprint density at radius 3 is 2.59 bits per heavy atom. The minimum Gasteiger partial charge on any atom is -0.338 e. The van der Waals surface area contributed by atoms with Crippen molar-refractivity contribution in [2.75, 3.05) is 16.3 Å². The van der Waals surface area contributed by atoms with E-state index in [4.69, 9.17) is 0 Å². The van der Waals surface area contributed by atoms with E-state index in [0.29, 0.717) is 18.3 Å². The summed E-state index contributed by atoms with van der Waals surface area (Å²) < 4.78 is 0. The number of hydrogen-bond donors (Lipinski definition) is 0. The summed E-state index contributed by atoms with van der Waals surface area (Å²) in [5.74, 6) is -0.0260. The van der Waals surface area contributed by atoms with E-state index in [2.05, 4.69) is 47.1 Å². The first-order valence-corrected chi connectivity index (χ1v) is 9.45. The summed E-state index contributed by atoms with van der Waals surface area (Å²) in [6, 6.07) is 20.9. The fraction of sp³-hybridized carbons (Fsp3) is 0.217. The van der Waals surface area contributed by atoms with Crippen molar-refractivity contribution in [3.05, 3.63) is 83.7 Å². The molecule has 0 spiro atoms. The van der Waals surface area contributed by atoms with Gasteiger partial charge < -0.3 is 9.80 Å². The zero-order valence-corrected chi connectivity index (χ0v) is 15.3. The van der Waals surface area contributed by atoms with Gasteiger partial charge in [-0.05, 0) is 55.2 Å². The standard InChI is InChI=1S/C23H21N3O/c1-16-14-18-7-3-5-9-22(18)26(16)19-10-12-24-20(15-19)23(27)25-13-11-17-6-2-4-8-21(17)25/h2-10,12,15-16H,11,13-14H2,1H3. The first-order valence-electron chi connectivity index (χ1n) is 9.45. The predicted octanol–water partition coefficient (Wildman–Crippen LogP) is 4.37. The van der Waals surface area contributed by atoms with Crippen molar-refractivity contribution in [3.63, 3.8) is 0 Å². The molecular weight excluding hydrogens is 334 g/mol. The van der Waals surface area contributed by atoms with Crippen LogP contribution in [0.3, 0.4) is 0 Å². The van der Waals surface area contributed by atoms with Gasteiger partial charge in [-0.25, -0.2) is 0 Å². The van der Waals surface area contributed by atoms with Crippen molar-refractivity contribution in [1.29, 1.82) is 0 Å². The molecule has 0 radical (unpaired) electrons. The summed E-state index contributed by atoms with van der Waals surface area (Å²) in [5, 5.41) is 0. The fourth-order valence-electron chi connectivity index (χ4n) is 4.33. The van der Waals surface area contributed by atoms with E-state index in [0.717, 1.165) is 24.2 Å². The number of pyridine rings is 1. The second-order valence-electron chi connectivity index (χ2n) is 7.29. The largest absolute Gasteiger partial charge is 0.338 e. The molecule has 4 heteroatoms. The number of carbonyl (C=O) groups excluding carboxylic acids is 1. The van der Waals surface area contributed by atoms with Crippen molar-refractivity contribution >= 4 is 23.0 Å². The van der Waals surface area contributed by atoms with Gasteiger partial charge in [0.25, 0.3) is 5.91 Å². The van der Waals surface area contributed by atoms with Crippen molar-refractivity contribution < 1.29 is 4.79 Å². The van der Waals surface area contributed by atoms with E-state index in [9.17, 15) is 4.79 Å². The number of amides is 1. The number of fused-ring (bicyclic) bond motifs is 2. The molecule has 0 fully saturated rings. The lowest BCUT2D eigenvalue weighted by atomic mass is 10.1. The molecule has 0 aliphatic carbocycles. The van der Waals surface area contributed by atoms with Crippen LogP contribution in [-0.2, 0) is 12.8 Å². The highest BCUT2D eigenvalue weighted by atomic mass is 16.2. The van der Waals surface area contributed by atoms with Gasteiger partial charge in [0.15, 0.2) is 0 Å². The Morgan fingerprint density at radius 2 is 1.74 bits per heavy atom. The monoisotopic (exact) mass is 355 g/mol. The van der Waals surface area contributed by atoms with Crippen molar-refractivity contribution in [2.45, 2.75) is 25.8 Å². The third-order valence-electron chi connectivity index (χ3n) is 5.58. The Kier molecular flexibility index (Phi) is 3.71. The van der Waals surface area contributed by atoms with Crippen LogP contribution in [0.1, 0.15) is 28.5 Å². The molecule has 0 bridgehead atoms. The van der Waals surface area contributed by atoms with Crippen LogP contribution in [0.15, 0.2) is 66.9 Å². The minimum atomic E-state index is -0.0260. The van der Waals surface area contributed by atoms with E-state index in [-0.39, 0.29) is 5.91 Å². The Hall–Kier alpha value is -3.14. The van der Waals surface area contributed by atoms with E-state index in [1.165, 1.54) is 16.8 Å². The molecule has 2 aliphatic rings. The molecule has 2 aliphatic heterocycles. The maximum Gasteiger partial charge on any atom is 0.276 e. The number of para-hydroxylation sites is 2. The summed E-state index contributed by atoms with van der Waals surface area (Å²) in [6.45, 7) is 2.94. The Labute approximate surface area is 159 Å². The van der Waals surface area contributed by atoms with Crippen molar-refractivity contribution in [2.24, 2.45) is 0 Å². The SMILES string of the molecule is CC1Cc2ccccc2N1c1ccnc(C(=O)N2CCc3ccccc32)c1. The number of carbonyl (C=O) groups is 1. The van der Waals surface area contributed by atoms with Gasteiger partial charge in [0, 0.05) is 35.8 Å². The van der Waals surface area contributed by atoms with Crippen LogP contribution in [0.4, 0.5) is 17.1 Å². The third kappa shape index (κ3) is 2.60. The average Bonchev–Trinajstić information content (AvgIpc) is 3.27. The number of hydrogen-bond acceptors (Lipinski definition) is 3. The van der Waals surface area contributed by atoms with Gasteiger partial charge in [0.05, 0.1) is 0 Å². The molecule has 5 rings (SSSR count). The molecule has 1 aromatic heterocycles. The lowest BCUT2D eigenvalue weighted by Gasteiger charge is -2.25. The maximum atomic E-state index is 13.1. The van der Waals surface area contributed by atoms with Crippen LogP contribution >= 0.6 is 0 Å². The molecule has 0 N–H and O–H groups in total. The van der Waals surface area contributed by atoms with Crippen LogP contribution in [0.5, 0.6) is 0 Å². The van der Waals surface area contributed by atoms with Gasteiger partial charge in [-0.2, -0.15) is 0 Å². The lowest BCUT2D eigenvalue weighted by Crippen LogP contribution is -2.30. The number of rotatable bonds is 2. The number of nitrogens with zero attached hydrogens (tertiary/aromatic N) is 3. The highest BCUT2D eigenvalue weighted by molar-refractivity contribution is 6.06. The van der Waals surface area contributed by atoms with Gasteiger partial charge in [-0.1, -0.05) is 36.4 Å². The molecule has 4 nitrogen and oxygen atoms in total. The van der Waals surface area contributed by atoms with Crippen LogP contribution in [0, 0.1) is 0 Å². The van der Waals surface area contributed by atoms with E-state index in [1.807, 2.05) is 35.2 Å². The molecule has 2 aromatic carbocycles. The van der Waals surface area contributed by atoms with Crippen molar-refractivity contribution in [3.8, 4) is 0 Å². The van der Waals surface area contributed by atoms with Gasteiger partial charge in [-0.3, -0.25) is 9.78 Å². The molecule has 1 atom stereocenters. The fourth-order valence-corrected chi connectivity index (χ4v) is 4.33. The lowest BCUT2D eigenvalue weighted by molar-refractivity contribution is 0.0984. The smallest absolute Gasteiger partial charge is 0.276 e. The second kappa shape index (κ2) is 6.23. The minimum absolute atomic E-state index is 0.0260. The van der Waals surface area contributed by atoms with E-state index >= 15 is 0 Å². The number of aromatic nitrogens is 1. The van der Waals surface area contributed by atoms with Gasteiger partial charge >= 0.3 is 0 Å². The van der Waals surface area contributed by atoms with Crippen LogP contribution < -0.4 is 9.80 Å². The predicted molar refractivity (Wildman–Crippen MR) is 108 cm³/mol. The molecule has 134 valence electrons. The zero-order valence-electron chi connectivity index (χ0n) is 15.3. The molecule has 1 unspecified atom stereocenters. The highest BCUT2D eigenvalue weighted by Gasteiger charge is 2.29. The molecule has 3 heterocycles. The topological polar surface area (TPSA) is 36.4 Å². The molecule has 0 saturated heterocycles. The number of benzene rings is 2. The highest BCUT2D eigenvalue weighted by Crippen LogP contribution is 2.38. The summed E-state index contributed by atoms with van der Waals surface area (Å²) in [6.07, 6.45) is 3.66. The first-order chi connectivity index (χ1) is 13.2. The quantitative estimate of drug-likeness (QED) is 0.685. The summed E-state index contributed by atoms with van der Waals surface area (Å²) >= 11 is 0. The van der Waals surface area contributed by atoms with Gasteiger partial charge in [0.1, 0.15) is 5.69 Å². The van der Waals surface area contributed by atoms with Crippen LogP contribution in [0.25, 0.3) is 0 Å². The molecule has 3 aromatic rings. The van der Waals surface area contributed by atoms with Crippen LogP contribution in [0.2, 0.25) is 0 Å². The molecule has 0 saturated carbocycles. The normalized spacial score (nSPS) is 17.7. The van der Waals surface area contributed by atoms with Crippen molar-refractivity contribution in [1.82, 2.24) is 4.98 Å². The zero-order chi connectivity index (χ0) is 18.4. The van der Waals surface area contributed by atoms with Gasteiger partial charge in [-0.15, -0.1) is 0 Å². The third-order valence-corrected chi connectivity index (χ3v) is 5.58. The summed E-state index contributed by atoms with van der Waals surface area (Å²) in [7, 11) is 0. The summed E-state index contributed by atoms with van der Waals surface area (Å²) in [4.78, 5) is 21.7. The summed E-state index contributed by atoms with van der Waals surface area (Å²) in [5.41, 5.74) is 6.34. The molecule has 27 heavy (non-hydrogen) atoms. The Balaban J connectivity index is 1.49. The van der Waals surface area contributed by atoms with E-state index in [1.54, 1.807) is 6.20 Å². The van der Waals surface area contributed by atoms with Crippen LogP contribution in [-0.4, -0.2) is 23.5 Å². The molecular formula is C23H21N3O. The van der Waals surface area contributed by atoms with E-state index < -0.39 is 0 Å². The van der Waals surface area contributed by atoms with Gasteiger partial charge in [0.2, 0.25) is 0 Å².